The van der Waals surface area contributed by atoms with Gasteiger partial charge in [-0.2, -0.15) is 0 Å². The minimum Gasteiger partial charge on any atom is -0.484 e. The van der Waals surface area contributed by atoms with Crippen molar-refractivity contribution < 1.29 is 9.53 Å². The number of ether oxygens (including phenoxy) is 1. The van der Waals surface area contributed by atoms with Crippen molar-refractivity contribution in [2.24, 2.45) is 0 Å². The van der Waals surface area contributed by atoms with Crippen LogP contribution < -0.4 is 10.1 Å². The van der Waals surface area contributed by atoms with Crippen molar-refractivity contribution in [3.63, 3.8) is 0 Å². The fourth-order valence-corrected chi connectivity index (χ4v) is 2.96. The molecule has 3 rings (SSSR count). The van der Waals surface area contributed by atoms with Gasteiger partial charge in [0.15, 0.2) is 6.61 Å². The highest BCUT2D eigenvalue weighted by molar-refractivity contribution is 7.99. The molecule has 1 heterocycles. The first-order valence-electron chi connectivity index (χ1n) is 7.82. The van der Waals surface area contributed by atoms with Gasteiger partial charge in [-0.15, -0.1) is 16.9 Å². The minimum absolute atomic E-state index is 0.0319. The van der Waals surface area contributed by atoms with Crippen LogP contribution in [-0.2, 0) is 4.79 Å². The number of carbonyl (C=O) groups excluding carboxylic acids is 1. The summed E-state index contributed by atoms with van der Waals surface area (Å²) in [7, 11) is 0. The van der Waals surface area contributed by atoms with Gasteiger partial charge in [-0.05, 0) is 59.0 Å². The number of rotatable bonds is 8. The zero-order chi connectivity index (χ0) is 18.2. The maximum atomic E-state index is 11.8. The molecule has 7 nitrogen and oxygen atoms in total. The average molecular weight is 390 g/mol. The molecule has 0 spiro atoms. The molecular weight excluding hydrogens is 374 g/mol. The van der Waals surface area contributed by atoms with E-state index in [2.05, 4.69) is 20.8 Å². The topological polar surface area (TPSA) is 81.9 Å². The summed E-state index contributed by atoms with van der Waals surface area (Å²) in [5, 5.41) is 14.5. The Morgan fingerprint density at radius 2 is 1.92 bits per heavy atom. The number of nitrogens with zero attached hydrogens (tertiary/aromatic N) is 4. The minimum atomic E-state index is -0.161. The van der Waals surface area contributed by atoms with Crippen molar-refractivity contribution in [1.82, 2.24) is 25.5 Å². The Morgan fingerprint density at radius 3 is 2.62 bits per heavy atom. The first kappa shape index (κ1) is 18.2. The number of nitrogens with one attached hydrogen (secondary N) is 1. The molecule has 0 unspecified atom stereocenters. The van der Waals surface area contributed by atoms with Crippen molar-refractivity contribution in [2.75, 3.05) is 18.9 Å². The lowest BCUT2D eigenvalue weighted by Crippen LogP contribution is -2.30. The smallest absolute Gasteiger partial charge is 0.257 e. The van der Waals surface area contributed by atoms with Crippen LogP contribution in [0.5, 0.6) is 5.75 Å². The molecule has 0 fully saturated rings. The van der Waals surface area contributed by atoms with Crippen LogP contribution in [0.25, 0.3) is 5.69 Å². The lowest BCUT2D eigenvalue weighted by molar-refractivity contribution is -0.122. The number of tetrazole rings is 1. The van der Waals surface area contributed by atoms with Crippen LogP contribution in [-0.4, -0.2) is 45.0 Å². The third-order valence-corrected chi connectivity index (χ3v) is 4.59. The fraction of sp³-hybridized carbons (Fsp3) is 0.176. The second-order valence-corrected chi connectivity index (χ2v) is 6.79. The third kappa shape index (κ3) is 5.47. The van der Waals surface area contributed by atoms with Crippen LogP contribution >= 0.6 is 23.4 Å². The van der Waals surface area contributed by atoms with E-state index in [-0.39, 0.29) is 12.5 Å². The van der Waals surface area contributed by atoms with Crippen LogP contribution in [0, 0.1) is 0 Å². The van der Waals surface area contributed by atoms with E-state index >= 15 is 0 Å². The molecule has 0 aliphatic rings. The highest BCUT2D eigenvalue weighted by atomic mass is 35.5. The highest BCUT2D eigenvalue weighted by Gasteiger charge is 2.04. The third-order valence-electron chi connectivity index (χ3n) is 3.33. The van der Waals surface area contributed by atoms with E-state index in [9.17, 15) is 4.79 Å². The standard InChI is InChI=1S/C17H16ClN5O2S/c18-13-1-7-16(8-2-13)26-10-9-19-17(24)11-25-15-5-3-14(4-6-15)23-12-20-21-22-23/h1-8,12H,9-11H2,(H,19,24). The van der Waals surface area contributed by atoms with Crippen LogP contribution in [0.15, 0.2) is 59.8 Å². The fourth-order valence-electron chi connectivity index (χ4n) is 2.06. The first-order chi connectivity index (χ1) is 12.7. The van der Waals surface area contributed by atoms with Crippen molar-refractivity contribution in [3.8, 4) is 11.4 Å². The van der Waals surface area contributed by atoms with Crippen molar-refractivity contribution in [1.29, 1.82) is 0 Å². The Morgan fingerprint density at radius 1 is 1.15 bits per heavy atom. The van der Waals surface area contributed by atoms with E-state index < -0.39 is 0 Å². The molecule has 1 amide bonds. The number of aromatic nitrogens is 4. The summed E-state index contributed by atoms with van der Waals surface area (Å²) in [5.41, 5.74) is 0.811. The van der Waals surface area contributed by atoms with Gasteiger partial charge in [0.05, 0.1) is 5.69 Å². The van der Waals surface area contributed by atoms with Gasteiger partial charge in [-0.3, -0.25) is 4.79 Å². The lowest BCUT2D eigenvalue weighted by atomic mass is 10.3. The summed E-state index contributed by atoms with van der Waals surface area (Å²) in [6, 6.07) is 14.8. The van der Waals surface area contributed by atoms with Gasteiger partial charge in [0, 0.05) is 22.2 Å². The summed E-state index contributed by atoms with van der Waals surface area (Å²) in [5.74, 6) is 1.22. The number of hydrogen-bond acceptors (Lipinski definition) is 6. The van der Waals surface area contributed by atoms with E-state index in [1.165, 1.54) is 11.0 Å². The molecule has 0 aliphatic carbocycles. The van der Waals surface area contributed by atoms with E-state index in [4.69, 9.17) is 16.3 Å². The molecule has 2 aromatic carbocycles. The summed E-state index contributed by atoms with van der Waals surface area (Å²) in [6.45, 7) is 0.531. The van der Waals surface area contributed by atoms with Crippen molar-refractivity contribution in [2.45, 2.75) is 4.90 Å². The molecule has 0 radical (unpaired) electrons. The summed E-state index contributed by atoms with van der Waals surface area (Å²) >= 11 is 7.50. The summed E-state index contributed by atoms with van der Waals surface area (Å²) in [4.78, 5) is 12.9. The molecule has 9 heteroatoms. The van der Waals surface area contributed by atoms with Gasteiger partial charge in [-0.25, -0.2) is 4.68 Å². The first-order valence-corrected chi connectivity index (χ1v) is 9.18. The second kappa shape index (κ2) is 9.21. The number of thioether (sulfide) groups is 1. The maximum absolute atomic E-state index is 11.8. The molecule has 0 aliphatic heterocycles. The normalized spacial score (nSPS) is 10.5. The number of halogens is 1. The van der Waals surface area contributed by atoms with Gasteiger partial charge < -0.3 is 10.1 Å². The van der Waals surface area contributed by atoms with E-state index in [1.54, 1.807) is 23.9 Å². The molecule has 1 aromatic heterocycles. The van der Waals surface area contributed by atoms with Gasteiger partial charge >= 0.3 is 0 Å². The van der Waals surface area contributed by atoms with Crippen molar-refractivity contribution >= 4 is 29.3 Å². The van der Waals surface area contributed by atoms with E-state index in [0.29, 0.717) is 17.3 Å². The molecule has 134 valence electrons. The zero-order valence-electron chi connectivity index (χ0n) is 13.7. The summed E-state index contributed by atoms with van der Waals surface area (Å²) < 4.78 is 7.01. The predicted octanol–water partition coefficient (Wildman–Crippen LogP) is 2.60. The Kier molecular flexibility index (Phi) is 6.45. The Balaban J connectivity index is 1.35. The largest absolute Gasteiger partial charge is 0.484 e. The molecule has 0 saturated carbocycles. The van der Waals surface area contributed by atoms with Gasteiger partial charge in [0.25, 0.3) is 5.91 Å². The molecule has 3 aromatic rings. The molecular formula is C17H16ClN5O2S. The van der Waals surface area contributed by atoms with Crippen LogP contribution in [0.3, 0.4) is 0 Å². The maximum Gasteiger partial charge on any atom is 0.257 e. The molecule has 0 atom stereocenters. The number of hydrogen-bond donors (Lipinski definition) is 1. The molecule has 0 saturated heterocycles. The quantitative estimate of drug-likeness (QED) is 0.471. The van der Waals surface area contributed by atoms with E-state index in [1.807, 2.05) is 36.4 Å². The molecule has 26 heavy (non-hydrogen) atoms. The van der Waals surface area contributed by atoms with Crippen LogP contribution in [0.1, 0.15) is 0 Å². The van der Waals surface area contributed by atoms with Crippen LogP contribution in [0.4, 0.5) is 0 Å². The van der Waals surface area contributed by atoms with Crippen molar-refractivity contribution in [3.05, 3.63) is 59.9 Å². The number of amides is 1. The number of carbonyl (C=O) groups is 1. The second-order valence-electron chi connectivity index (χ2n) is 5.19. The highest BCUT2D eigenvalue weighted by Crippen LogP contribution is 2.19. The zero-order valence-corrected chi connectivity index (χ0v) is 15.3. The lowest BCUT2D eigenvalue weighted by Gasteiger charge is -2.08. The van der Waals surface area contributed by atoms with E-state index in [0.717, 1.165) is 16.3 Å². The Bertz CT molecular complexity index is 825. The number of benzene rings is 2. The van der Waals surface area contributed by atoms with Gasteiger partial charge in [-0.1, -0.05) is 11.6 Å². The van der Waals surface area contributed by atoms with Gasteiger partial charge in [0.1, 0.15) is 12.1 Å². The molecule has 0 bridgehead atoms. The Hall–Kier alpha value is -2.58. The summed E-state index contributed by atoms with van der Waals surface area (Å²) in [6.07, 6.45) is 1.51. The van der Waals surface area contributed by atoms with Crippen LogP contribution in [0.2, 0.25) is 5.02 Å². The monoisotopic (exact) mass is 389 g/mol. The average Bonchev–Trinajstić information content (AvgIpc) is 3.20. The SMILES string of the molecule is O=C(COc1ccc(-n2cnnn2)cc1)NCCSc1ccc(Cl)cc1. The predicted molar refractivity (Wildman–Crippen MR) is 99.8 cm³/mol. The molecule has 1 N–H and O–H groups in total. The van der Waals surface area contributed by atoms with Gasteiger partial charge in [0.2, 0.25) is 0 Å². The Labute approximate surface area is 159 Å².